The normalized spacial score (nSPS) is 17.2. The van der Waals surface area contributed by atoms with E-state index in [1.165, 1.54) is 24.9 Å². The predicted octanol–water partition coefficient (Wildman–Crippen LogP) is 2.81. The highest BCUT2D eigenvalue weighted by Gasteiger charge is 2.40. The molecule has 6 nitrogen and oxygen atoms in total. The zero-order chi connectivity index (χ0) is 18.6. The van der Waals surface area contributed by atoms with Crippen LogP contribution in [-0.2, 0) is 9.59 Å². The van der Waals surface area contributed by atoms with E-state index >= 15 is 0 Å². The summed E-state index contributed by atoms with van der Waals surface area (Å²) in [7, 11) is 1.43. The van der Waals surface area contributed by atoms with Crippen molar-refractivity contribution in [2.24, 2.45) is 0 Å². The molecule has 134 valence electrons. The van der Waals surface area contributed by atoms with Gasteiger partial charge in [-0.15, -0.1) is 0 Å². The number of thiocarbonyl (C=S) groups is 1. The Morgan fingerprint density at radius 2 is 2.24 bits per heavy atom. The number of phenolic OH excluding ortho intramolecular Hbond substituents is 1. The van der Waals surface area contributed by atoms with E-state index in [-0.39, 0.29) is 20.7 Å². The Morgan fingerprint density at radius 1 is 1.52 bits per heavy atom. The number of phenols is 1. The zero-order valence-electron chi connectivity index (χ0n) is 13.6. The fourth-order valence-corrected chi connectivity index (χ4v) is 4.11. The van der Waals surface area contributed by atoms with Crippen LogP contribution in [0.25, 0.3) is 6.08 Å². The molecule has 0 unspecified atom stereocenters. The number of nitrogens with zero attached hydrogens (tertiary/aromatic N) is 1. The summed E-state index contributed by atoms with van der Waals surface area (Å²) in [6.07, 6.45) is 3.67. The van der Waals surface area contributed by atoms with Gasteiger partial charge >= 0.3 is 5.97 Å². The minimum Gasteiger partial charge on any atom is -0.504 e. The number of amides is 1. The van der Waals surface area contributed by atoms with Gasteiger partial charge in [0.05, 0.1) is 12.0 Å². The summed E-state index contributed by atoms with van der Waals surface area (Å²) in [5.74, 6) is -0.759. The summed E-state index contributed by atoms with van der Waals surface area (Å²) in [6.45, 7) is 0. The van der Waals surface area contributed by atoms with Crippen molar-refractivity contribution in [3.05, 3.63) is 28.7 Å². The molecule has 1 heterocycles. The van der Waals surface area contributed by atoms with Gasteiger partial charge in [0.25, 0.3) is 5.91 Å². The number of benzene rings is 1. The van der Waals surface area contributed by atoms with Crippen LogP contribution >= 0.6 is 35.7 Å². The lowest BCUT2D eigenvalue weighted by molar-refractivity contribution is -0.145. The van der Waals surface area contributed by atoms with Crippen molar-refractivity contribution < 1.29 is 24.5 Å². The quantitative estimate of drug-likeness (QED) is 0.535. The van der Waals surface area contributed by atoms with E-state index in [2.05, 4.69) is 0 Å². The molecule has 2 N–H and O–H groups in total. The number of para-hydroxylation sites is 1. The number of hydrogen-bond acceptors (Lipinski definition) is 7. The van der Waals surface area contributed by atoms with Gasteiger partial charge in [-0.3, -0.25) is 9.69 Å². The minimum atomic E-state index is -1.09. The number of aromatic hydroxyl groups is 1. The van der Waals surface area contributed by atoms with E-state index in [0.717, 1.165) is 16.7 Å². The van der Waals surface area contributed by atoms with E-state index in [1.54, 1.807) is 18.2 Å². The first-order valence-corrected chi connectivity index (χ1v) is 9.87. The Hall–Kier alpha value is -1.71. The molecule has 1 aliphatic heterocycles. The Bertz CT molecular complexity index is 734. The average Bonchev–Trinajstić information content (AvgIpc) is 2.84. The van der Waals surface area contributed by atoms with Crippen molar-refractivity contribution in [3.8, 4) is 11.5 Å². The van der Waals surface area contributed by atoms with E-state index in [4.69, 9.17) is 17.0 Å². The topological polar surface area (TPSA) is 87.1 Å². The summed E-state index contributed by atoms with van der Waals surface area (Å²) in [5, 5.41) is 19.6. The standard InChI is InChI=1S/C16H17NO5S3/c1-22-11-5-3-4-9(13(11)18)8-12-14(19)17(16(23)25-12)10(15(20)21)6-7-24-2/h3-5,8,10,18H,6-7H2,1-2H3,(H,20,21)/b12-8+/t10-/m1/s1. The summed E-state index contributed by atoms with van der Waals surface area (Å²) >= 11 is 7.74. The van der Waals surface area contributed by atoms with Crippen LogP contribution < -0.4 is 4.74 Å². The van der Waals surface area contributed by atoms with Gasteiger partial charge in [-0.05, 0) is 30.6 Å². The van der Waals surface area contributed by atoms with E-state index in [0.29, 0.717) is 17.7 Å². The molecule has 0 saturated carbocycles. The summed E-state index contributed by atoms with van der Waals surface area (Å²) in [6, 6.07) is 3.92. The van der Waals surface area contributed by atoms with Crippen LogP contribution in [-0.4, -0.2) is 56.5 Å². The fraction of sp³-hybridized carbons (Fsp3) is 0.312. The first kappa shape index (κ1) is 19.6. The van der Waals surface area contributed by atoms with Gasteiger partial charge < -0.3 is 14.9 Å². The van der Waals surface area contributed by atoms with Gasteiger partial charge in [-0.1, -0.05) is 36.1 Å². The molecule has 1 saturated heterocycles. The van der Waals surface area contributed by atoms with Gasteiger partial charge in [0, 0.05) is 5.56 Å². The summed E-state index contributed by atoms with van der Waals surface area (Å²) in [4.78, 5) is 25.6. The minimum absolute atomic E-state index is 0.0903. The lowest BCUT2D eigenvalue weighted by Crippen LogP contribution is -2.44. The molecule has 1 aromatic rings. The van der Waals surface area contributed by atoms with Crippen LogP contribution in [0.15, 0.2) is 23.1 Å². The van der Waals surface area contributed by atoms with Crippen LogP contribution in [0.1, 0.15) is 12.0 Å². The lowest BCUT2D eigenvalue weighted by atomic mass is 10.1. The number of methoxy groups -OCH3 is 1. The van der Waals surface area contributed by atoms with Gasteiger partial charge in [-0.25, -0.2) is 4.79 Å². The third-order valence-corrected chi connectivity index (χ3v) is 5.53. The van der Waals surface area contributed by atoms with Gasteiger partial charge in [0.2, 0.25) is 0 Å². The molecule has 25 heavy (non-hydrogen) atoms. The Kier molecular flexibility index (Phi) is 6.74. The Balaban J connectivity index is 2.33. The molecule has 1 fully saturated rings. The van der Waals surface area contributed by atoms with E-state index < -0.39 is 17.9 Å². The maximum absolute atomic E-state index is 12.7. The second kappa shape index (κ2) is 8.59. The first-order valence-electron chi connectivity index (χ1n) is 7.25. The molecule has 1 aromatic carbocycles. The molecular weight excluding hydrogens is 382 g/mol. The molecule has 0 aromatic heterocycles. The largest absolute Gasteiger partial charge is 0.504 e. The van der Waals surface area contributed by atoms with Crippen LogP contribution in [0, 0.1) is 0 Å². The highest BCUT2D eigenvalue weighted by atomic mass is 32.2. The number of carboxylic acids is 1. The van der Waals surface area contributed by atoms with Crippen molar-refractivity contribution in [2.45, 2.75) is 12.5 Å². The van der Waals surface area contributed by atoms with Crippen molar-refractivity contribution >= 4 is 58.0 Å². The molecule has 1 amide bonds. The highest BCUT2D eigenvalue weighted by molar-refractivity contribution is 8.26. The molecule has 2 rings (SSSR count). The number of ether oxygens (including phenoxy) is 1. The summed E-state index contributed by atoms with van der Waals surface area (Å²) in [5.41, 5.74) is 0.399. The van der Waals surface area contributed by atoms with Gasteiger partial charge in [0.1, 0.15) is 10.4 Å². The number of rotatable bonds is 7. The van der Waals surface area contributed by atoms with Crippen molar-refractivity contribution in [1.29, 1.82) is 0 Å². The van der Waals surface area contributed by atoms with E-state index in [1.807, 2.05) is 6.26 Å². The lowest BCUT2D eigenvalue weighted by Gasteiger charge is -2.22. The molecule has 0 spiro atoms. The van der Waals surface area contributed by atoms with Crippen LogP contribution in [0.3, 0.4) is 0 Å². The van der Waals surface area contributed by atoms with Gasteiger partial charge in [-0.2, -0.15) is 11.8 Å². The zero-order valence-corrected chi connectivity index (χ0v) is 16.0. The third-order valence-electron chi connectivity index (χ3n) is 3.55. The predicted molar refractivity (Wildman–Crippen MR) is 104 cm³/mol. The first-order chi connectivity index (χ1) is 11.9. The Labute approximate surface area is 159 Å². The second-order valence-electron chi connectivity index (χ2n) is 5.09. The molecule has 0 radical (unpaired) electrons. The second-order valence-corrected chi connectivity index (χ2v) is 7.75. The molecule has 9 heteroatoms. The molecule has 0 aliphatic carbocycles. The number of carbonyl (C=O) groups is 2. The third kappa shape index (κ3) is 4.28. The molecule has 1 atom stereocenters. The summed E-state index contributed by atoms with van der Waals surface area (Å²) < 4.78 is 5.25. The fourth-order valence-electron chi connectivity index (χ4n) is 2.30. The number of hydrogen-bond donors (Lipinski definition) is 2. The number of thioether (sulfide) groups is 2. The monoisotopic (exact) mass is 399 g/mol. The van der Waals surface area contributed by atoms with Crippen molar-refractivity contribution in [3.63, 3.8) is 0 Å². The smallest absolute Gasteiger partial charge is 0.326 e. The highest BCUT2D eigenvalue weighted by Crippen LogP contribution is 2.38. The maximum atomic E-state index is 12.7. The average molecular weight is 400 g/mol. The molecule has 1 aliphatic rings. The molecule has 0 bridgehead atoms. The van der Waals surface area contributed by atoms with Crippen LogP contribution in [0.5, 0.6) is 11.5 Å². The van der Waals surface area contributed by atoms with Crippen molar-refractivity contribution in [2.75, 3.05) is 19.1 Å². The van der Waals surface area contributed by atoms with Crippen LogP contribution in [0.4, 0.5) is 0 Å². The number of carboxylic acid groups (broad SMARTS) is 1. The Morgan fingerprint density at radius 3 is 2.84 bits per heavy atom. The van der Waals surface area contributed by atoms with Gasteiger partial charge in [0.15, 0.2) is 11.5 Å². The maximum Gasteiger partial charge on any atom is 0.326 e. The number of aliphatic carboxylic acids is 1. The van der Waals surface area contributed by atoms with Crippen LogP contribution in [0.2, 0.25) is 0 Å². The van der Waals surface area contributed by atoms with Crippen molar-refractivity contribution in [1.82, 2.24) is 4.90 Å². The SMILES string of the molecule is COc1cccc(/C=C2/SC(=S)N([C@H](CCSC)C(=O)O)C2=O)c1O. The van der Waals surface area contributed by atoms with E-state index in [9.17, 15) is 19.8 Å². The molecular formula is C16H17NO5S3. The number of carbonyl (C=O) groups excluding carboxylic acids is 1.